The van der Waals surface area contributed by atoms with Gasteiger partial charge in [0.15, 0.2) is 0 Å². The summed E-state index contributed by atoms with van der Waals surface area (Å²) in [4.78, 5) is 29.3. The Morgan fingerprint density at radius 1 is 1.26 bits per heavy atom. The topological polar surface area (TPSA) is 86.8 Å². The Hall–Kier alpha value is -2.15. The fourth-order valence-electron chi connectivity index (χ4n) is 3.10. The summed E-state index contributed by atoms with van der Waals surface area (Å²) >= 11 is 0. The highest BCUT2D eigenvalue weighted by Crippen LogP contribution is 2.32. The van der Waals surface area contributed by atoms with E-state index in [9.17, 15) is 9.59 Å². The van der Waals surface area contributed by atoms with Gasteiger partial charge in [0.1, 0.15) is 11.2 Å². The first-order chi connectivity index (χ1) is 12.9. The summed E-state index contributed by atoms with van der Waals surface area (Å²) in [5.41, 5.74) is -0.192. The van der Waals surface area contributed by atoms with Crippen molar-refractivity contribution >= 4 is 11.9 Å². The molecule has 0 bridgehead atoms. The van der Waals surface area contributed by atoms with Crippen LogP contribution in [0.5, 0.6) is 5.88 Å². The molecule has 1 unspecified atom stereocenters. The van der Waals surface area contributed by atoms with Gasteiger partial charge in [-0.3, -0.25) is 4.79 Å². The lowest BCUT2D eigenvalue weighted by Gasteiger charge is -2.26. The summed E-state index contributed by atoms with van der Waals surface area (Å²) in [5, 5.41) is 2.72. The third-order valence-electron chi connectivity index (χ3n) is 4.93. The quantitative estimate of drug-likeness (QED) is 0.737. The fourth-order valence-corrected chi connectivity index (χ4v) is 3.10. The lowest BCUT2D eigenvalue weighted by molar-refractivity contribution is -0.146. The molecule has 1 atom stereocenters. The van der Waals surface area contributed by atoms with Crippen molar-refractivity contribution in [3.8, 4) is 5.88 Å². The number of hydrogen-bond donors (Lipinski definition) is 1. The van der Waals surface area contributed by atoms with Gasteiger partial charge >= 0.3 is 5.97 Å². The van der Waals surface area contributed by atoms with Crippen LogP contribution in [0.25, 0.3) is 0 Å². The Balaban J connectivity index is 1.84. The van der Waals surface area contributed by atoms with E-state index in [1.54, 1.807) is 19.9 Å². The zero-order valence-corrected chi connectivity index (χ0v) is 16.2. The fraction of sp³-hybridized carbons (Fsp3) is 0.650. The third kappa shape index (κ3) is 4.97. The van der Waals surface area contributed by atoms with Crippen molar-refractivity contribution in [2.45, 2.75) is 57.6 Å². The van der Waals surface area contributed by atoms with Gasteiger partial charge in [0, 0.05) is 18.2 Å². The highest BCUT2D eigenvalue weighted by molar-refractivity contribution is 5.97. The van der Waals surface area contributed by atoms with Gasteiger partial charge in [0.2, 0.25) is 5.88 Å². The molecule has 1 aliphatic heterocycles. The van der Waals surface area contributed by atoms with Crippen molar-refractivity contribution in [1.29, 1.82) is 0 Å². The first-order valence-electron chi connectivity index (χ1n) is 9.57. The van der Waals surface area contributed by atoms with Crippen LogP contribution >= 0.6 is 0 Å². The highest BCUT2D eigenvalue weighted by atomic mass is 16.5. The Labute approximate surface area is 159 Å². The maximum Gasteiger partial charge on any atom is 0.330 e. The van der Waals surface area contributed by atoms with Crippen LogP contribution in [0.3, 0.4) is 0 Å². The average molecular weight is 376 g/mol. The number of rotatable bonds is 7. The second kappa shape index (κ2) is 8.25. The second-order valence-electron chi connectivity index (χ2n) is 7.77. The smallest absolute Gasteiger partial charge is 0.330 e. The van der Waals surface area contributed by atoms with E-state index in [4.69, 9.17) is 14.2 Å². The van der Waals surface area contributed by atoms with Crippen molar-refractivity contribution in [2.75, 3.05) is 20.3 Å². The maximum absolute atomic E-state index is 13.0. The van der Waals surface area contributed by atoms with Gasteiger partial charge in [-0.15, -0.1) is 0 Å². The number of carbonyl (C=O) groups is 2. The molecule has 7 heteroatoms. The van der Waals surface area contributed by atoms with Crippen LogP contribution in [0, 0.1) is 5.92 Å². The van der Waals surface area contributed by atoms with Crippen LogP contribution in [0.15, 0.2) is 12.1 Å². The summed E-state index contributed by atoms with van der Waals surface area (Å²) in [6.45, 7) is 4.47. The number of amides is 1. The number of hydrogen-bond acceptors (Lipinski definition) is 6. The maximum atomic E-state index is 13.0. The molecule has 2 fully saturated rings. The molecule has 148 valence electrons. The Morgan fingerprint density at radius 3 is 2.67 bits per heavy atom. The number of carbonyl (C=O) groups excluding carboxylic acids is 2. The molecule has 1 saturated carbocycles. The molecular weight excluding hydrogens is 348 g/mol. The molecule has 3 rings (SSSR count). The van der Waals surface area contributed by atoms with Crippen molar-refractivity contribution in [1.82, 2.24) is 10.3 Å². The SMILES string of the molecule is COC(=O)C(C)(C)NC(=O)c1nc(OCC2CC2)ccc1C1CCCCO1. The number of methoxy groups -OCH3 is 1. The second-order valence-corrected chi connectivity index (χ2v) is 7.77. The lowest BCUT2D eigenvalue weighted by Crippen LogP contribution is -2.50. The molecule has 1 saturated heterocycles. The predicted octanol–water partition coefficient (Wildman–Crippen LogP) is 2.79. The monoisotopic (exact) mass is 376 g/mol. The van der Waals surface area contributed by atoms with E-state index in [0.717, 1.165) is 24.8 Å². The van der Waals surface area contributed by atoms with E-state index in [-0.39, 0.29) is 11.8 Å². The molecular formula is C20H28N2O5. The van der Waals surface area contributed by atoms with Gasteiger partial charge in [0.25, 0.3) is 5.91 Å². The normalized spacial score (nSPS) is 20.0. The summed E-state index contributed by atoms with van der Waals surface area (Å²) in [7, 11) is 1.29. The Kier molecular flexibility index (Phi) is 5.99. The molecule has 7 nitrogen and oxygen atoms in total. The van der Waals surface area contributed by atoms with E-state index in [1.165, 1.54) is 20.0 Å². The van der Waals surface area contributed by atoms with Crippen LogP contribution < -0.4 is 10.1 Å². The van der Waals surface area contributed by atoms with Crippen LogP contribution in [-0.2, 0) is 14.3 Å². The van der Waals surface area contributed by atoms with Crippen molar-refractivity contribution < 1.29 is 23.8 Å². The molecule has 1 aromatic heterocycles. The van der Waals surface area contributed by atoms with Gasteiger partial charge < -0.3 is 19.5 Å². The molecule has 1 aliphatic carbocycles. The number of pyridine rings is 1. The molecule has 0 aromatic carbocycles. The van der Waals surface area contributed by atoms with Crippen LogP contribution in [-0.4, -0.2) is 42.7 Å². The Morgan fingerprint density at radius 2 is 2.04 bits per heavy atom. The number of nitrogens with one attached hydrogen (secondary N) is 1. The van der Waals surface area contributed by atoms with Crippen LogP contribution in [0.4, 0.5) is 0 Å². The molecule has 27 heavy (non-hydrogen) atoms. The molecule has 2 heterocycles. The molecule has 2 aliphatic rings. The molecule has 1 aromatic rings. The number of nitrogens with zero attached hydrogens (tertiary/aromatic N) is 1. The molecule has 0 radical (unpaired) electrons. The zero-order valence-electron chi connectivity index (χ0n) is 16.2. The van der Waals surface area contributed by atoms with Crippen molar-refractivity contribution in [3.63, 3.8) is 0 Å². The van der Waals surface area contributed by atoms with Gasteiger partial charge in [-0.25, -0.2) is 9.78 Å². The number of ether oxygens (including phenoxy) is 3. The third-order valence-corrected chi connectivity index (χ3v) is 4.93. The first kappa shape index (κ1) is 19.6. The lowest BCUT2D eigenvalue weighted by atomic mass is 9.98. The van der Waals surface area contributed by atoms with E-state index in [2.05, 4.69) is 10.3 Å². The Bertz CT molecular complexity index is 694. The van der Waals surface area contributed by atoms with E-state index in [1.807, 2.05) is 6.07 Å². The van der Waals surface area contributed by atoms with Crippen molar-refractivity contribution in [3.05, 3.63) is 23.4 Å². The highest BCUT2D eigenvalue weighted by Gasteiger charge is 2.33. The first-order valence-corrected chi connectivity index (χ1v) is 9.57. The summed E-state index contributed by atoms with van der Waals surface area (Å²) < 4.78 is 16.4. The largest absolute Gasteiger partial charge is 0.477 e. The summed E-state index contributed by atoms with van der Waals surface area (Å²) in [5.74, 6) is 0.0464. The van der Waals surface area contributed by atoms with Gasteiger partial charge in [-0.05, 0) is 57.9 Å². The summed E-state index contributed by atoms with van der Waals surface area (Å²) in [6, 6.07) is 3.64. The predicted molar refractivity (Wildman–Crippen MR) is 98.6 cm³/mol. The van der Waals surface area contributed by atoms with E-state index >= 15 is 0 Å². The zero-order chi connectivity index (χ0) is 19.4. The average Bonchev–Trinajstić information content (AvgIpc) is 3.50. The molecule has 0 spiro atoms. The van der Waals surface area contributed by atoms with Crippen molar-refractivity contribution in [2.24, 2.45) is 5.92 Å². The molecule has 1 amide bonds. The van der Waals surface area contributed by atoms with Gasteiger partial charge in [0.05, 0.1) is 19.8 Å². The van der Waals surface area contributed by atoms with Gasteiger partial charge in [-0.2, -0.15) is 0 Å². The number of aromatic nitrogens is 1. The van der Waals surface area contributed by atoms with E-state index < -0.39 is 17.4 Å². The minimum Gasteiger partial charge on any atom is -0.477 e. The summed E-state index contributed by atoms with van der Waals surface area (Å²) in [6.07, 6.45) is 5.07. The minimum atomic E-state index is -1.16. The standard InChI is InChI=1S/C20H28N2O5/c1-20(2,19(24)25-3)22-18(23)17-14(15-6-4-5-11-26-15)9-10-16(21-17)27-12-13-7-8-13/h9-10,13,15H,4-8,11-12H2,1-3H3,(H,22,23). The van der Waals surface area contributed by atoms with Gasteiger partial charge in [-0.1, -0.05) is 0 Å². The van der Waals surface area contributed by atoms with Crippen LogP contribution in [0.2, 0.25) is 0 Å². The van der Waals surface area contributed by atoms with Crippen LogP contribution in [0.1, 0.15) is 68.1 Å². The van der Waals surface area contributed by atoms with E-state index in [0.29, 0.717) is 25.0 Å². The number of esters is 1. The molecule has 1 N–H and O–H groups in total. The minimum absolute atomic E-state index is 0.175.